The summed E-state index contributed by atoms with van der Waals surface area (Å²) in [6.45, 7) is 11.6. The van der Waals surface area contributed by atoms with E-state index in [0.717, 1.165) is 0 Å². The monoisotopic (exact) mass is 162 g/mol. The fourth-order valence-corrected chi connectivity index (χ4v) is 1.20. The average molecular weight is 162 g/mol. The maximum absolute atomic E-state index is 3.36. The minimum atomic E-state index is 1.35. The molecule has 0 amide bonds. The molecule has 0 saturated heterocycles. The lowest BCUT2D eigenvalue weighted by Gasteiger charge is -1.96. The molecule has 12 heavy (non-hydrogen) atoms. The fourth-order valence-electron chi connectivity index (χ4n) is 1.20. The van der Waals surface area contributed by atoms with Crippen LogP contribution in [0.2, 0.25) is 0 Å². The lowest BCUT2D eigenvalue weighted by molar-refractivity contribution is 1.32. The predicted octanol–water partition coefficient (Wildman–Crippen LogP) is 3.80. The van der Waals surface area contributed by atoms with Gasteiger partial charge in [-0.05, 0) is 27.7 Å². The normalized spacial score (nSPS) is 8.33. The Bertz CT molecular complexity index is 196. The lowest BCUT2D eigenvalue weighted by atomic mass is 10.1. The van der Waals surface area contributed by atoms with Crippen molar-refractivity contribution in [2.75, 3.05) is 0 Å². The van der Waals surface area contributed by atoms with Crippen LogP contribution in [0.5, 0.6) is 0 Å². The van der Waals surface area contributed by atoms with Crippen molar-refractivity contribution in [2.24, 2.45) is 0 Å². The second-order valence-corrected chi connectivity index (χ2v) is 3.07. The first-order valence-corrected chi connectivity index (χ1v) is 4.22. The second kappa shape index (κ2) is 5.59. The molecule has 0 bridgehead atoms. The van der Waals surface area contributed by atoms with E-state index in [1.54, 1.807) is 6.08 Å². The molecule has 0 aliphatic heterocycles. The van der Waals surface area contributed by atoms with E-state index in [2.05, 4.69) is 45.5 Å². The van der Waals surface area contributed by atoms with Crippen LogP contribution in [-0.4, -0.2) is 0 Å². The van der Waals surface area contributed by atoms with Crippen LogP contribution < -0.4 is 0 Å². The highest BCUT2D eigenvalue weighted by atomic mass is 13.9. The molecule has 0 heterocycles. The van der Waals surface area contributed by atoms with E-state index >= 15 is 0 Å². The summed E-state index contributed by atoms with van der Waals surface area (Å²) in [5, 5.41) is 0. The molecular formula is C12H18. The van der Waals surface area contributed by atoms with Crippen molar-refractivity contribution in [1.82, 2.24) is 0 Å². The largest absolute Gasteiger partial charge is 0.103 e. The Morgan fingerprint density at radius 3 is 1.25 bits per heavy atom. The lowest BCUT2D eigenvalue weighted by Crippen LogP contribution is -1.78. The van der Waals surface area contributed by atoms with Crippen LogP contribution in [0.25, 0.3) is 0 Å². The van der Waals surface area contributed by atoms with Crippen molar-refractivity contribution in [3.05, 3.63) is 47.5 Å². The van der Waals surface area contributed by atoms with Crippen LogP contribution in [0.3, 0.4) is 0 Å². The van der Waals surface area contributed by atoms with E-state index in [1.807, 2.05) is 6.92 Å². The van der Waals surface area contributed by atoms with E-state index < -0.39 is 0 Å². The van der Waals surface area contributed by atoms with Crippen molar-refractivity contribution in [3.8, 4) is 0 Å². The molecule has 0 unspecified atom stereocenters. The van der Waals surface area contributed by atoms with Gasteiger partial charge in [-0.2, -0.15) is 0 Å². The molecule has 0 nitrogen and oxygen atoms in total. The topological polar surface area (TPSA) is 0 Å². The highest BCUT2D eigenvalue weighted by Gasteiger charge is 1.87. The molecule has 1 aromatic carbocycles. The Kier molecular flexibility index (Phi) is 5.11. The second-order valence-electron chi connectivity index (χ2n) is 3.07. The molecular weight excluding hydrogens is 144 g/mol. The standard InChI is InChI=1S/C9H12.C3H6/c1-7-4-8(2)6-9(3)5-7;1-3-2/h4-6H,1-3H3;3H,1H2,2H3. The van der Waals surface area contributed by atoms with Gasteiger partial charge >= 0.3 is 0 Å². The minimum Gasteiger partial charge on any atom is -0.103 e. The highest BCUT2D eigenvalue weighted by Crippen LogP contribution is 2.06. The van der Waals surface area contributed by atoms with E-state index in [-0.39, 0.29) is 0 Å². The van der Waals surface area contributed by atoms with Crippen molar-refractivity contribution < 1.29 is 0 Å². The van der Waals surface area contributed by atoms with Gasteiger partial charge < -0.3 is 0 Å². The zero-order valence-corrected chi connectivity index (χ0v) is 8.52. The van der Waals surface area contributed by atoms with Crippen molar-refractivity contribution in [2.45, 2.75) is 27.7 Å². The van der Waals surface area contributed by atoms with Crippen molar-refractivity contribution >= 4 is 0 Å². The number of hydrogen-bond acceptors (Lipinski definition) is 0. The van der Waals surface area contributed by atoms with Gasteiger partial charge in [-0.25, -0.2) is 0 Å². The molecule has 0 aliphatic carbocycles. The van der Waals surface area contributed by atoms with Crippen LogP contribution in [0, 0.1) is 20.8 Å². The van der Waals surface area contributed by atoms with Crippen molar-refractivity contribution in [1.29, 1.82) is 0 Å². The first kappa shape index (κ1) is 11.0. The van der Waals surface area contributed by atoms with E-state index in [4.69, 9.17) is 0 Å². The predicted molar refractivity (Wildman–Crippen MR) is 56.5 cm³/mol. The number of rotatable bonds is 0. The average Bonchev–Trinajstić information content (AvgIpc) is 1.84. The summed E-state index contributed by atoms with van der Waals surface area (Å²) in [6.07, 6.45) is 1.75. The first-order valence-electron chi connectivity index (χ1n) is 4.22. The Morgan fingerprint density at radius 1 is 0.917 bits per heavy atom. The molecule has 1 aromatic rings. The zero-order valence-electron chi connectivity index (χ0n) is 8.52. The summed E-state index contributed by atoms with van der Waals surface area (Å²) >= 11 is 0. The number of allylic oxidation sites excluding steroid dienone is 1. The van der Waals surface area contributed by atoms with Gasteiger partial charge in [-0.1, -0.05) is 41.0 Å². The third kappa shape index (κ3) is 4.73. The van der Waals surface area contributed by atoms with Gasteiger partial charge in [-0.3, -0.25) is 0 Å². The van der Waals surface area contributed by atoms with Crippen LogP contribution >= 0.6 is 0 Å². The van der Waals surface area contributed by atoms with E-state index in [1.165, 1.54) is 16.7 Å². The number of hydrogen-bond donors (Lipinski definition) is 0. The molecule has 0 atom stereocenters. The van der Waals surface area contributed by atoms with Gasteiger partial charge in [0.05, 0.1) is 0 Å². The third-order valence-corrected chi connectivity index (χ3v) is 1.37. The third-order valence-electron chi connectivity index (χ3n) is 1.37. The quantitative estimate of drug-likeness (QED) is 0.509. The first-order chi connectivity index (χ1) is 5.60. The molecule has 0 N–H and O–H groups in total. The summed E-state index contributed by atoms with van der Waals surface area (Å²) in [5.41, 5.74) is 4.06. The van der Waals surface area contributed by atoms with Gasteiger partial charge in [0.25, 0.3) is 0 Å². The highest BCUT2D eigenvalue weighted by molar-refractivity contribution is 5.27. The summed E-state index contributed by atoms with van der Waals surface area (Å²) in [7, 11) is 0. The maximum Gasteiger partial charge on any atom is -0.0398 e. The molecule has 0 fully saturated rings. The van der Waals surface area contributed by atoms with Crippen LogP contribution in [0.1, 0.15) is 23.6 Å². The summed E-state index contributed by atoms with van der Waals surface area (Å²) in [6, 6.07) is 6.56. The Morgan fingerprint density at radius 2 is 1.08 bits per heavy atom. The van der Waals surface area contributed by atoms with Crippen LogP contribution in [0.15, 0.2) is 30.9 Å². The number of aryl methyl sites for hydroxylation is 3. The summed E-state index contributed by atoms with van der Waals surface area (Å²) in [5.74, 6) is 0. The SMILES string of the molecule is C=CC.Cc1cc(C)cc(C)c1. The molecule has 0 heteroatoms. The minimum absolute atomic E-state index is 1.35. The van der Waals surface area contributed by atoms with Gasteiger partial charge in [-0.15, -0.1) is 6.58 Å². The van der Waals surface area contributed by atoms with Gasteiger partial charge in [0.15, 0.2) is 0 Å². The Hall–Kier alpha value is -1.04. The van der Waals surface area contributed by atoms with Gasteiger partial charge in [0, 0.05) is 0 Å². The molecule has 0 aromatic heterocycles. The zero-order chi connectivity index (χ0) is 9.56. The smallest absolute Gasteiger partial charge is 0.0398 e. The summed E-state index contributed by atoms with van der Waals surface area (Å²) < 4.78 is 0. The van der Waals surface area contributed by atoms with Crippen LogP contribution in [-0.2, 0) is 0 Å². The van der Waals surface area contributed by atoms with E-state index in [0.29, 0.717) is 0 Å². The van der Waals surface area contributed by atoms with Crippen LogP contribution in [0.4, 0.5) is 0 Å². The molecule has 0 radical (unpaired) electrons. The number of benzene rings is 1. The Labute approximate surface area is 75.9 Å². The summed E-state index contributed by atoms with van der Waals surface area (Å²) in [4.78, 5) is 0. The van der Waals surface area contributed by atoms with E-state index in [9.17, 15) is 0 Å². The Balaban J connectivity index is 0.000000354. The fraction of sp³-hybridized carbons (Fsp3) is 0.333. The molecule has 0 saturated carbocycles. The maximum atomic E-state index is 3.36. The molecule has 0 spiro atoms. The van der Waals surface area contributed by atoms with Gasteiger partial charge in [0.2, 0.25) is 0 Å². The molecule has 66 valence electrons. The van der Waals surface area contributed by atoms with Crippen molar-refractivity contribution in [3.63, 3.8) is 0 Å². The molecule has 0 aliphatic rings. The molecule has 1 rings (SSSR count). The van der Waals surface area contributed by atoms with Gasteiger partial charge in [0.1, 0.15) is 0 Å².